The zero-order chi connectivity index (χ0) is 13.5. The fourth-order valence-corrected chi connectivity index (χ4v) is 2.25. The summed E-state index contributed by atoms with van der Waals surface area (Å²) in [5, 5.41) is 0. The van der Waals surface area contributed by atoms with Crippen LogP contribution in [0.2, 0.25) is 0 Å². The molecule has 0 saturated carbocycles. The Morgan fingerprint density at radius 3 is 2.39 bits per heavy atom. The molecule has 100 valence electrons. The summed E-state index contributed by atoms with van der Waals surface area (Å²) < 4.78 is 0. The van der Waals surface area contributed by atoms with Crippen molar-refractivity contribution in [3.05, 3.63) is 34.9 Å². The van der Waals surface area contributed by atoms with Crippen molar-refractivity contribution in [1.29, 1.82) is 0 Å². The summed E-state index contributed by atoms with van der Waals surface area (Å²) in [5.74, 6) is 0.896. The zero-order valence-electron chi connectivity index (χ0n) is 11.8. The molecule has 0 fully saturated rings. The van der Waals surface area contributed by atoms with Gasteiger partial charge in [0.05, 0.1) is 0 Å². The van der Waals surface area contributed by atoms with E-state index in [-0.39, 0.29) is 0 Å². The van der Waals surface area contributed by atoms with E-state index in [4.69, 9.17) is 5.73 Å². The lowest BCUT2D eigenvalue weighted by Gasteiger charge is -2.11. The van der Waals surface area contributed by atoms with Gasteiger partial charge in [-0.3, -0.25) is 4.79 Å². The van der Waals surface area contributed by atoms with Crippen molar-refractivity contribution in [3.63, 3.8) is 0 Å². The topological polar surface area (TPSA) is 43.1 Å². The summed E-state index contributed by atoms with van der Waals surface area (Å²) >= 11 is 0. The van der Waals surface area contributed by atoms with Crippen molar-refractivity contribution in [1.82, 2.24) is 0 Å². The number of nitrogens with two attached hydrogens (primary N) is 1. The number of aryl methyl sites for hydroxylation is 2. The Labute approximate surface area is 111 Å². The number of carbonyl (C=O) groups is 1. The third-order valence-electron chi connectivity index (χ3n) is 3.59. The molecule has 0 spiro atoms. The monoisotopic (exact) mass is 247 g/mol. The summed E-state index contributed by atoms with van der Waals surface area (Å²) in [4.78, 5) is 12.0. The van der Waals surface area contributed by atoms with E-state index in [2.05, 4.69) is 32.9 Å². The first-order chi connectivity index (χ1) is 8.54. The van der Waals surface area contributed by atoms with E-state index in [1.54, 1.807) is 0 Å². The van der Waals surface area contributed by atoms with Gasteiger partial charge in [-0.05, 0) is 55.8 Å². The minimum atomic E-state index is 0.344. The maximum atomic E-state index is 12.0. The fourth-order valence-electron chi connectivity index (χ4n) is 2.25. The first-order valence-electron chi connectivity index (χ1n) is 6.81. The second-order valence-corrected chi connectivity index (χ2v) is 5.31. The smallest absolute Gasteiger partial charge is 0.137 e. The van der Waals surface area contributed by atoms with Crippen LogP contribution in [0.25, 0.3) is 0 Å². The van der Waals surface area contributed by atoms with Gasteiger partial charge >= 0.3 is 0 Å². The Balaban J connectivity index is 2.50. The van der Waals surface area contributed by atoms with Gasteiger partial charge in [0.25, 0.3) is 0 Å². The van der Waals surface area contributed by atoms with Crippen LogP contribution in [0.15, 0.2) is 18.2 Å². The van der Waals surface area contributed by atoms with Crippen molar-refractivity contribution < 1.29 is 4.79 Å². The molecule has 0 heterocycles. The second kappa shape index (κ2) is 7.32. The van der Waals surface area contributed by atoms with Crippen LogP contribution in [0.5, 0.6) is 0 Å². The van der Waals surface area contributed by atoms with E-state index in [0.717, 1.165) is 12.8 Å². The number of rotatable bonds is 7. The summed E-state index contributed by atoms with van der Waals surface area (Å²) in [7, 11) is 0. The van der Waals surface area contributed by atoms with Crippen LogP contribution in [0.1, 0.15) is 42.9 Å². The molecular weight excluding hydrogens is 222 g/mol. The second-order valence-electron chi connectivity index (χ2n) is 5.31. The lowest BCUT2D eigenvalue weighted by molar-refractivity contribution is -0.118. The number of Topliss-reactive ketones (excluding diaryl/α,β-unsaturated/α-hetero) is 1. The van der Waals surface area contributed by atoms with Gasteiger partial charge in [0.1, 0.15) is 5.78 Å². The molecule has 1 atom stereocenters. The van der Waals surface area contributed by atoms with E-state index < -0.39 is 0 Å². The average Bonchev–Trinajstić information content (AvgIpc) is 2.32. The van der Waals surface area contributed by atoms with Crippen LogP contribution in [0.3, 0.4) is 0 Å². The lowest BCUT2D eigenvalue weighted by atomic mass is 9.94. The average molecular weight is 247 g/mol. The molecule has 0 aromatic heterocycles. The number of hydrogen-bond acceptors (Lipinski definition) is 2. The van der Waals surface area contributed by atoms with Crippen molar-refractivity contribution in [2.75, 3.05) is 6.54 Å². The maximum Gasteiger partial charge on any atom is 0.137 e. The molecule has 1 aromatic carbocycles. The molecule has 0 aliphatic carbocycles. The molecule has 2 nitrogen and oxygen atoms in total. The van der Waals surface area contributed by atoms with E-state index in [1.165, 1.54) is 16.7 Å². The van der Waals surface area contributed by atoms with Gasteiger partial charge in [0.2, 0.25) is 0 Å². The molecule has 0 amide bonds. The molecule has 0 aliphatic heterocycles. The Hall–Kier alpha value is -1.15. The first-order valence-corrected chi connectivity index (χ1v) is 6.81. The van der Waals surface area contributed by atoms with Crippen LogP contribution < -0.4 is 5.73 Å². The summed E-state index contributed by atoms with van der Waals surface area (Å²) in [6, 6.07) is 6.20. The zero-order valence-corrected chi connectivity index (χ0v) is 11.8. The molecule has 1 rings (SSSR count). The largest absolute Gasteiger partial charge is 0.330 e. The maximum absolute atomic E-state index is 12.0. The molecule has 0 bridgehead atoms. The molecule has 1 unspecified atom stereocenters. The molecule has 1 aromatic rings. The molecule has 0 saturated heterocycles. The minimum absolute atomic E-state index is 0.344. The first kappa shape index (κ1) is 14.9. The predicted octanol–water partition coefficient (Wildman–Crippen LogP) is 3.18. The van der Waals surface area contributed by atoms with Gasteiger partial charge in [-0.15, -0.1) is 0 Å². The van der Waals surface area contributed by atoms with E-state index in [1.807, 2.05) is 6.07 Å². The summed E-state index contributed by atoms with van der Waals surface area (Å²) in [5.41, 5.74) is 9.16. The normalized spacial score (nSPS) is 12.4. The fraction of sp³-hybridized carbons (Fsp3) is 0.562. The van der Waals surface area contributed by atoms with Crippen molar-refractivity contribution in [3.8, 4) is 0 Å². The minimum Gasteiger partial charge on any atom is -0.330 e. The molecule has 18 heavy (non-hydrogen) atoms. The number of benzene rings is 1. The third kappa shape index (κ3) is 4.61. The molecular formula is C16H25NO. The van der Waals surface area contributed by atoms with Crippen molar-refractivity contribution >= 4 is 5.78 Å². The predicted molar refractivity (Wildman–Crippen MR) is 76.7 cm³/mol. The molecule has 2 heteroatoms. The molecule has 0 radical (unpaired) electrons. The van der Waals surface area contributed by atoms with Gasteiger partial charge in [0.15, 0.2) is 0 Å². The van der Waals surface area contributed by atoms with Crippen LogP contribution in [0, 0.1) is 19.8 Å². The Kier molecular flexibility index (Phi) is 6.06. The van der Waals surface area contributed by atoms with Crippen LogP contribution in [0.4, 0.5) is 0 Å². The summed E-state index contributed by atoms with van der Waals surface area (Å²) in [6.45, 7) is 7.03. The standard InChI is InChI=1S/C16H25NO/c1-12(9-10-17)7-8-15(18)11-16-13(2)5-4-6-14(16)3/h4-6,12H,7-11,17H2,1-3H3. The molecule has 2 N–H and O–H groups in total. The highest BCUT2D eigenvalue weighted by Gasteiger charge is 2.10. The third-order valence-corrected chi connectivity index (χ3v) is 3.59. The highest BCUT2D eigenvalue weighted by atomic mass is 16.1. The van der Waals surface area contributed by atoms with Crippen LogP contribution in [-0.2, 0) is 11.2 Å². The van der Waals surface area contributed by atoms with Gasteiger partial charge in [-0.2, -0.15) is 0 Å². The van der Waals surface area contributed by atoms with E-state index in [0.29, 0.717) is 31.1 Å². The van der Waals surface area contributed by atoms with Crippen molar-refractivity contribution in [2.45, 2.75) is 46.5 Å². The Bertz CT molecular complexity index is 378. The number of ketones is 1. The van der Waals surface area contributed by atoms with Crippen LogP contribution in [-0.4, -0.2) is 12.3 Å². The van der Waals surface area contributed by atoms with Gasteiger partial charge in [-0.25, -0.2) is 0 Å². The van der Waals surface area contributed by atoms with Crippen molar-refractivity contribution in [2.24, 2.45) is 11.7 Å². The van der Waals surface area contributed by atoms with Gasteiger partial charge in [-0.1, -0.05) is 25.1 Å². The number of carbonyl (C=O) groups excluding carboxylic acids is 1. The Morgan fingerprint density at radius 1 is 1.22 bits per heavy atom. The van der Waals surface area contributed by atoms with E-state index >= 15 is 0 Å². The van der Waals surface area contributed by atoms with Gasteiger partial charge in [0, 0.05) is 12.8 Å². The molecule has 0 aliphatic rings. The van der Waals surface area contributed by atoms with E-state index in [9.17, 15) is 4.79 Å². The highest BCUT2D eigenvalue weighted by molar-refractivity contribution is 5.81. The SMILES string of the molecule is Cc1cccc(C)c1CC(=O)CCC(C)CCN. The van der Waals surface area contributed by atoms with Gasteiger partial charge < -0.3 is 5.73 Å². The Morgan fingerprint density at radius 2 is 1.83 bits per heavy atom. The van der Waals surface area contributed by atoms with Crippen LogP contribution >= 0.6 is 0 Å². The highest BCUT2D eigenvalue weighted by Crippen LogP contribution is 2.16. The number of hydrogen-bond donors (Lipinski definition) is 1. The quantitative estimate of drug-likeness (QED) is 0.804. The lowest BCUT2D eigenvalue weighted by Crippen LogP contribution is -2.10. The summed E-state index contributed by atoms with van der Waals surface area (Å²) in [6.07, 6.45) is 3.22.